The van der Waals surface area contributed by atoms with Crippen molar-refractivity contribution in [3.63, 3.8) is 0 Å². The van der Waals surface area contributed by atoms with E-state index in [1.807, 2.05) is 24.3 Å². The molecule has 30 rings (SSSR count). The van der Waals surface area contributed by atoms with Crippen LogP contribution in [0.2, 0.25) is 0 Å². The predicted molar refractivity (Wildman–Crippen MR) is 607 cm³/mol. The second-order valence-corrected chi connectivity index (χ2v) is 37.5. The normalized spacial score (nSPS) is 11.9. The second-order valence-electron chi connectivity index (χ2n) is 37.5. The molecule has 0 radical (unpaired) electrons. The van der Waals surface area contributed by atoms with Gasteiger partial charge in [-0.3, -0.25) is 0 Å². The number of hydrogen-bond acceptors (Lipinski definition) is 8. The molecule has 4 heterocycles. The van der Waals surface area contributed by atoms with Gasteiger partial charge in [-0.1, -0.05) is 376 Å². The van der Waals surface area contributed by atoms with E-state index in [9.17, 15) is 0 Å². The lowest BCUT2D eigenvalue weighted by Gasteiger charge is -2.28. The molecule has 0 N–H and O–H groups in total. The van der Waals surface area contributed by atoms with E-state index in [0.717, 1.165) is 167 Å². The number of fused-ring (bicyclic) bond motifs is 30. The molecule has 0 saturated carbocycles. The molecule has 0 saturated heterocycles. The first-order chi connectivity index (χ1) is 71.4. The molecule has 0 aliphatic heterocycles. The molecule has 0 fully saturated rings. The number of anilines is 12. The van der Waals surface area contributed by atoms with E-state index in [0.29, 0.717) is 0 Å². The lowest BCUT2D eigenvalue weighted by molar-refractivity contribution is 0.668. The quantitative estimate of drug-likeness (QED) is 0.0998. The molecule has 26 aromatic carbocycles. The van der Waals surface area contributed by atoms with Crippen LogP contribution in [0.15, 0.2) is 527 Å². The molecule has 30 aromatic rings. The van der Waals surface area contributed by atoms with E-state index in [1.165, 1.54) is 119 Å². The van der Waals surface area contributed by atoms with Crippen LogP contribution < -0.4 is 19.6 Å². The molecule has 8 nitrogen and oxygen atoms in total. The number of rotatable bonds is 14. The summed E-state index contributed by atoms with van der Waals surface area (Å²) in [5, 5.41) is 32.8. The molecule has 0 unspecified atom stereocenters. The molecule has 0 bridgehead atoms. The molecule has 8 heteroatoms. The van der Waals surface area contributed by atoms with Crippen molar-refractivity contribution < 1.29 is 17.7 Å². The highest BCUT2D eigenvalue weighted by atomic mass is 16.3. The molecule has 0 spiro atoms. The molecule has 0 aliphatic rings. The summed E-state index contributed by atoms with van der Waals surface area (Å²) in [5.74, 6) is 0. The molecule has 672 valence electrons. The van der Waals surface area contributed by atoms with E-state index < -0.39 is 0 Å². The Morgan fingerprint density at radius 1 is 0.118 bits per heavy atom. The summed E-state index contributed by atoms with van der Waals surface area (Å²) in [6, 6.07) is 183. The van der Waals surface area contributed by atoms with Gasteiger partial charge in [0.05, 0.1) is 34.1 Å². The van der Waals surface area contributed by atoms with Gasteiger partial charge >= 0.3 is 0 Å². The van der Waals surface area contributed by atoms with Crippen LogP contribution in [0.4, 0.5) is 68.2 Å². The number of benzene rings is 26. The van der Waals surface area contributed by atoms with Crippen molar-refractivity contribution >= 4 is 264 Å². The van der Waals surface area contributed by atoms with Gasteiger partial charge in [0.1, 0.15) is 22.3 Å². The zero-order valence-corrected chi connectivity index (χ0v) is 77.9. The maximum absolute atomic E-state index is 6.75. The minimum atomic E-state index is 0.854. The van der Waals surface area contributed by atoms with Gasteiger partial charge in [-0.25, -0.2) is 0 Å². The average molecular weight is 1840 g/mol. The van der Waals surface area contributed by atoms with Gasteiger partial charge in [-0.2, -0.15) is 0 Å². The number of furan rings is 4. The third kappa shape index (κ3) is 13.2. The highest BCUT2D eigenvalue weighted by Gasteiger charge is 2.29. The van der Waals surface area contributed by atoms with Gasteiger partial charge in [0, 0.05) is 88.0 Å². The number of para-hydroxylation sites is 8. The third-order valence-corrected chi connectivity index (χ3v) is 29.6. The SMILES string of the molecule is c1ccc(-c2ccc(N(c3ccc4c(ccc5c6ccc(N(c7ccc(-c8ccccc8)cc7)c7cccc8c7oc7ccccc78)cc6c6ccccc6c45)c3)c3cccc4c3oc3ccccc34)cc2)cc1.c1ccc2c(N(c3ccc4c(ccc5c6ccc(N(c7cccc8ccccc78)c7cccc8c7oc7ccccc78)cc6c6ccccc6c45)c3)c3cccc4c3oc3ccccc34)cccc2c1. The van der Waals surface area contributed by atoms with E-state index in [2.05, 4.69) is 505 Å². The highest BCUT2D eigenvalue weighted by Crippen LogP contribution is 2.54. The van der Waals surface area contributed by atoms with E-state index in [4.69, 9.17) is 17.7 Å². The average Bonchev–Trinajstić information content (AvgIpc) is 1.75. The smallest absolute Gasteiger partial charge is 0.159 e. The van der Waals surface area contributed by atoms with Gasteiger partial charge in [0.2, 0.25) is 0 Å². The van der Waals surface area contributed by atoms with Crippen molar-refractivity contribution in [2.24, 2.45) is 0 Å². The first-order valence-electron chi connectivity index (χ1n) is 49.1. The fraction of sp³-hybridized carbons (Fsp3) is 0. The number of hydrogen-bond donors (Lipinski definition) is 0. The van der Waals surface area contributed by atoms with Crippen molar-refractivity contribution in [1.82, 2.24) is 0 Å². The van der Waals surface area contributed by atoms with Gasteiger partial charge < -0.3 is 37.3 Å². The minimum Gasteiger partial charge on any atom is -0.454 e. The lowest BCUT2D eigenvalue weighted by atomic mass is 9.90. The fourth-order valence-corrected chi connectivity index (χ4v) is 23.0. The Morgan fingerprint density at radius 3 is 0.729 bits per heavy atom. The molecule has 0 atom stereocenters. The van der Waals surface area contributed by atoms with Crippen molar-refractivity contribution in [1.29, 1.82) is 0 Å². The summed E-state index contributed by atoms with van der Waals surface area (Å²) >= 11 is 0. The largest absolute Gasteiger partial charge is 0.454 e. The molecular formula is C136H84N4O4. The first-order valence-corrected chi connectivity index (χ1v) is 49.1. The van der Waals surface area contributed by atoms with Crippen LogP contribution in [0.3, 0.4) is 0 Å². The summed E-state index contributed by atoms with van der Waals surface area (Å²) < 4.78 is 26.9. The maximum Gasteiger partial charge on any atom is 0.159 e. The zero-order chi connectivity index (χ0) is 94.6. The summed E-state index contributed by atoms with van der Waals surface area (Å²) in [5.41, 5.74) is 24.1. The molecule has 0 amide bonds. The molecule has 144 heavy (non-hydrogen) atoms. The Bertz CT molecular complexity index is 10400. The van der Waals surface area contributed by atoms with Crippen LogP contribution >= 0.6 is 0 Å². The van der Waals surface area contributed by atoms with E-state index >= 15 is 0 Å². The fourth-order valence-electron chi connectivity index (χ4n) is 23.0. The summed E-state index contributed by atoms with van der Waals surface area (Å²) in [6.45, 7) is 0. The van der Waals surface area contributed by atoms with Crippen molar-refractivity contribution in [2.75, 3.05) is 19.6 Å². The lowest BCUT2D eigenvalue weighted by Crippen LogP contribution is -2.11. The van der Waals surface area contributed by atoms with Gasteiger partial charge in [-0.05, 0) is 253 Å². The van der Waals surface area contributed by atoms with Crippen molar-refractivity contribution in [3.05, 3.63) is 510 Å². The summed E-state index contributed by atoms with van der Waals surface area (Å²) in [6.07, 6.45) is 0. The molecule has 0 aliphatic carbocycles. The van der Waals surface area contributed by atoms with Crippen LogP contribution in [-0.4, -0.2) is 0 Å². The Hall–Kier alpha value is -19.3. The number of nitrogens with zero attached hydrogens (tertiary/aromatic N) is 4. The Kier molecular flexibility index (Phi) is 18.9. The topological polar surface area (TPSA) is 65.5 Å². The van der Waals surface area contributed by atoms with Crippen LogP contribution in [-0.2, 0) is 0 Å². The predicted octanol–water partition coefficient (Wildman–Crippen LogP) is 39.7. The Morgan fingerprint density at radius 2 is 0.354 bits per heavy atom. The molecule has 4 aromatic heterocycles. The van der Waals surface area contributed by atoms with E-state index in [1.54, 1.807) is 0 Å². The van der Waals surface area contributed by atoms with Gasteiger partial charge in [0.15, 0.2) is 22.3 Å². The minimum absolute atomic E-state index is 0.854. The highest BCUT2D eigenvalue weighted by molar-refractivity contribution is 6.34. The first kappa shape index (κ1) is 81.9. The maximum atomic E-state index is 6.75. The monoisotopic (exact) mass is 1840 g/mol. The van der Waals surface area contributed by atoms with E-state index in [-0.39, 0.29) is 0 Å². The van der Waals surface area contributed by atoms with Gasteiger partial charge in [-0.15, -0.1) is 0 Å². The Labute approximate surface area is 827 Å². The Balaban J connectivity index is 0.000000137. The van der Waals surface area contributed by atoms with Gasteiger partial charge in [0.25, 0.3) is 0 Å². The second kappa shape index (κ2) is 33.3. The summed E-state index contributed by atoms with van der Waals surface area (Å²) in [4.78, 5) is 9.47. The van der Waals surface area contributed by atoms with Crippen molar-refractivity contribution in [2.45, 2.75) is 0 Å². The molecular weight excluding hydrogens is 1750 g/mol. The van der Waals surface area contributed by atoms with Crippen LogP contribution in [0.25, 0.3) is 218 Å². The zero-order valence-electron chi connectivity index (χ0n) is 77.9. The standard InChI is InChI=1S/C70H44N2O2.C66H40N2O2/c1-3-15-45(16-4-1)47-29-34-50(35-30-47)71(64-25-13-23-61-57-20-9-11-27-66(57)73-69(61)64)52-38-41-54-49(43-52)33-40-60-56-42-39-53(44-63(56)55-19-7-8-22-59(55)68(54)60)72(51-36-31-48(32-37-51)46-17-5-2-6-18-46)65-26-14-24-62-58-21-10-12-28-67(58)74-70(62)65;1-3-19-46-41(15-1)17-11-27-58(46)67(60-29-13-25-55-51-22-7-9-31-62(51)69-65(55)60)44-34-37-48-43(39-44)33-36-54-50-38-35-45(40-57(50)49-21-5-6-24-53(49)64(48)54)68(59-28-12-18-42-16-2-4-20-47(42)59)61-30-14-26-56-52-23-8-10-32-63(52)70-66(56)61/h1-44H;1-40H. The van der Waals surface area contributed by atoms with Crippen LogP contribution in [0, 0.1) is 0 Å². The van der Waals surface area contributed by atoms with Crippen LogP contribution in [0.1, 0.15) is 0 Å². The van der Waals surface area contributed by atoms with Crippen LogP contribution in [0.5, 0.6) is 0 Å². The summed E-state index contributed by atoms with van der Waals surface area (Å²) in [7, 11) is 0. The van der Waals surface area contributed by atoms with Crippen molar-refractivity contribution in [3.8, 4) is 22.3 Å². The third-order valence-electron chi connectivity index (χ3n) is 29.6.